The van der Waals surface area contributed by atoms with Crippen molar-refractivity contribution in [2.75, 3.05) is 25.8 Å². The van der Waals surface area contributed by atoms with Crippen LogP contribution in [-0.4, -0.2) is 38.5 Å². The van der Waals surface area contributed by atoms with Crippen LogP contribution < -0.4 is 14.8 Å². The zero-order valence-corrected chi connectivity index (χ0v) is 17.0. The first-order valence-corrected chi connectivity index (χ1v) is 9.75. The minimum atomic E-state index is -0.955. The van der Waals surface area contributed by atoms with Gasteiger partial charge in [-0.2, -0.15) is 0 Å². The van der Waals surface area contributed by atoms with Crippen LogP contribution in [-0.2, 0) is 14.3 Å². The maximum atomic E-state index is 12.3. The largest absolute Gasteiger partial charge is 0.493 e. The molecule has 2 aromatic carbocycles. The molecular weight excluding hydrogens is 378 g/mol. The number of carbonyl (C=O) groups is 2. The molecule has 0 aliphatic rings. The van der Waals surface area contributed by atoms with Gasteiger partial charge >= 0.3 is 5.97 Å². The standard InChI is InChI=1S/C21H23NO5S/c1-14(21(24)22-16-8-11-18(25-2)19(13-16)26-3)27-20(23)12-7-15-5-9-17(28-4)10-6-15/h5-14H,1-4H3,(H,22,24)/b12-7+/t14-/m1/s1. The number of thioether (sulfide) groups is 1. The van der Waals surface area contributed by atoms with E-state index in [1.165, 1.54) is 27.2 Å². The molecule has 0 saturated carbocycles. The number of benzene rings is 2. The highest BCUT2D eigenvalue weighted by Crippen LogP contribution is 2.29. The average Bonchev–Trinajstić information content (AvgIpc) is 2.72. The minimum Gasteiger partial charge on any atom is -0.493 e. The number of carbonyl (C=O) groups excluding carboxylic acids is 2. The maximum Gasteiger partial charge on any atom is 0.331 e. The number of methoxy groups -OCH3 is 2. The predicted octanol–water partition coefficient (Wildman–Crippen LogP) is 4.01. The Hall–Kier alpha value is -2.93. The predicted molar refractivity (Wildman–Crippen MR) is 111 cm³/mol. The van der Waals surface area contributed by atoms with Gasteiger partial charge in [-0.25, -0.2) is 4.79 Å². The molecule has 148 valence electrons. The Morgan fingerprint density at radius 1 is 1.04 bits per heavy atom. The van der Waals surface area contributed by atoms with Crippen molar-refractivity contribution in [3.05, 3.63) is 54.1 Å². The summed E-state index contributed by atoms with van der Waals surface area (Å²) in [6.07, 6.45) is 3.99. The van der Waals surface area contributed by atoms with E-state index in [0.29, 0.717) is 17.2 Å². The summed E-state index contributed by atoms with van der Waals surface area (Å²) in [7, 11) is 3.04. The summed E-state index contributed by atoms with van der Waals surface area (Å²) < 4.78 is 15.5. The van der Waals surface area contributed by atoms with E-state index in [1.807, 2.05) is 30.5 Å². The molecule has 0 aliphatic carbocycles. The van der Waals surface area contributed by atoms with Crippen LogP contribution in [0.4, 0.5) is 5.69 Å². The highest BCUT2D eigenvalue weighted by molar-refractivity contribution is 7.98. The molecule has 0 spiro atoms. The van der Waals surface area contributed by atoms with E-state index in [-0.39, 0.29) is 0 Å². The SMILES string of the molecule is COc1ccc(NC(=O)[C@@H](C)OC(=O)/C=C/c2ccc(SC)cc2)cc1OC. The van der Waals surface area contributed by atoms with E-state index in [0.717, 1.165) is 10.5 Å². The Labute approximate surface area is 168 Å². The first kappa shape index (κ1) is 21.4. The summed E-state index contributed by atoms with van der Waals surface area (Å²) in [5.41, 5.74) is 1.38. The summed E-state index contributed by atoms with van der Waals surface area (Å²) in [4.78, 5) is 25.4. The Morgan fingerprint density at radius 2 is 1.71 bits per heavy atom. The lowest BCUT2D eigenvalue weighted by atomic mass is 10.2. The van der Waals surface area contributed by atoms with Gasteiger partial charge in [-0.15, -0.1) is 11.8 Å². The van der Waals surface area contributed by atoms with Crippen LogP contribution in [0.3, 0.4) is 0 Å². The third kappa shape index (κ3) is 6.06. The van der Waals surface area contributed by atoms with E-state index < -0.39 is 18.0 Å². The molecule has 28 heavy (non-hydrogen) atoms. The first-order valence-electron chi connectivity index (χ1n) is 8.52. The van der Waals surface area contributed by atoms with Crippen molar-refractivity contribution in [1.29, 1.82) is 0 Å². The van der Waals surface area contributed by atoms with Crippen molar-refractivity contribution in [2.24, 2.45) is 0 Å². The Balaban J connectivity index is 1.92. The fraction of sp³-hybridized carbons (Fsp3) is 0.238. The van der Waals surface area contributed by atoms with Crippen LogP contribution in [0, 0.1) is 0 Å². The van der Waals surface area contributed by atoms with Gasteiger partial charge in [0.1, 0.15) is 0 Å². The van der Waals surface area contributed by atoms with Crippen LogP contribution in [0.5, 0.6) is 11.5 Å². The van der Waals surface area contributed by atoms with Crippen LogP contribution >= 0.6 is 11.8 Å². The normalized spacial score (nSPS) is 11.7. The molecule has 2 aromatic rings. The number of ether oxygens (including phenoxy) is 3. The van der Waals surface area contributed by atoms with Gasteiger partial charge in [0.05, 0.1) is 14.2 Å². The van der Waals surface area contributed by atoms with E-state index in [1.54, 1.807) is 36.0 Å². The van der Waals surface area contributed by atoms with Gasteiger partial charge in [-0.3, -0.25) is 4.79 Å². The van der Waals surface area contributed by atoms with Crippen LogP contribution in [0.15, 0.2) is 53.4 Å². The fourth-order valence-electron chi connectivity index (χ4n) is 2.30. The first-order chi connectivity index (χ1) is 13.5. The van der Waals surface area contributed by atoms with Crippen LogP contribution in [0.1, 0.15) is 12.5 Å². The summed E-state index contributed by atoms with van der Waals surface area (Å²) in [5, 5.41) is 2.68. The summed E-state index contributed by atoms with van der Waals surface area (Å²) in [5.74, 6) is -0.00162. The number of esters is 1. The van der Waals surface area contributed by atoms with Crippen LogP contribution in [0.25, 0.3) is 6.08 Å². The molecule has 0 aromatic heterocycles. The van der Waals surface area contributed by atoms with Gasteiger partial charge in [0.15, 0.2) is 17.6 Å². The van der Waals surface area contributed by atoms with Gasteiger partial charge in [0.2, 0.25) is 0 Å². The lowest BCUT2D eigenvalue weighted by molar-refractivity contribution is -0.148. The smallest absolute Gasteiger partial charge is 0.331 e. The van der Waals surface area contributed by atoms with Crippen LogP contribution in [0.2, 0.25) is 0 Å². The zero-order valence-electron chi connectivity index (χ0n) is 16.2. The molecule has 0 fully saturated rings. The Bertz CT molecular complexity index is 848. The molecule has 0 aliphatic heterocycles. The van der Waals surface area contributed by atoms with Crippen molar-refractivity contribution in [2.45, 2.75) is 17.9 Å². The molecule has 1 amide bonds. The molecule has 0 radical (unpaired) electrons. The number of amides is 1. The monoisotopic (exact) mass is 401 g/mol. The third-order valence-corrected chi connectivity index (χ3v) is 4.58. The van der Waals surface area contributed by atoms with E-state index in [2.05, 4.69) is 5.32 Å². The number of hydrogen-bond donors (Lipinski definition) is 1. The molecule has 0 saturated heterocycles. The van der Waals surface area contributed by atoms with E-state index >= 15 is 0 Å². The Kier molecular flexibility index (Phi) is 7.95. The molecule has 0 unspecified atom stereocenters. The van der Waals surface area contributed by atoms with Gasteiger partial charge in [0.25, 0.3) is 5.91 Å². The second-order valence-electron chi connectivity index (χ2n) is 5.74. The molecule has 1 N–H and O–H groups in total. The lowest BCUT2D eigenvalue weighted by Crippen LogP contribution is -2.29. The molecular formula is C21H23NO5S. The van der Waals surface area contributed by atoms with Gasteiger partial charge in [-0.05, 0) is 49.1 Å². The fourth-order valence-corrected chi connectivity index (χ4v) is 2.71. The number of hydrogen-bond acceptors (Lipinski definition) is 6. The third-order valence-electron chi connectivity index (χ3n) is 3.84. The van der Waals surface area contributed by atoms with Crippen molar-refractivity contribution >= 4 is 35.4 Å². The summed E-state index contributed by atoms with van der Waals surface area (Å²) in [6.45, 7) is 1.51. The highest BCUT2D eigenvalue weighted by atomic mass is 32.2. The average molecular weight is 401 g/mol. The molecule has 2 rings (SSSR count). The molecule has 0 heterocycles. The highest BCUT2D eigenvalue weighted by Gasteiger charge is 2.17. The summed E-state index contributed by atoms with van der Waals surface area (Å²) >= 11 is 1.64. The quantitative estimate of drug-likeness (QED) is 0.409. The summed E-state index contributed by atoms with van der Waals surface area (Å²) in [6, 6.07) is 12.7. The second kappa shape index (κ2) is 10.4. The topological polar surface area (TPSA) is 73.9 Å². The minimum absolute atomic E-state index is 0.446. The van der Waals surface area contributed by atoms with Gasteiger partial charge in [-0.1, -0.05) is 12.1 Å². The van der Waals surface area contributed by atoms with Gasteiger partial charge < -0.3 is 19.5 Å². The molecule has 1 atom stereocenters. The number of anilines is 1. The number of nitrogens with one attached hydrogen (secondary N) is 1. The molecule has 6 nitrogen and oxygen atoms in total. The van der Waals surface area contributed by atoms with Crippen molar-refractivity contribution < 1.29 is 23.8 Å². The molecule has 0 bridgehead atoms. The van der Waals surface area contributed by atoms with Crippen molar-refractivity contribution in [1.82, 2.24) is 0 Å². The maximum absolute atomic E-state index is 12.3. The zero-order chi connectivity index (χ0) is 20.5. The van der Waals surface area contributed by atoms with Crippen molar-refractivity contribution in [3.8, 4) is 11.5 Å². The van der Waals surface area contributed by atoms with Gasteiger partial charge in [0, 0.05) is 22.7 Å². The van der Waals surface area contributed by atoms with E-state index in [9.17, 15) is 9.59 Å². The lowest BCUT2D eigenvalue weighted by Gasteiger charge is -2.14. The number of rotatable bonds is 8. The molecule has 7 heteroatoms. The second-order valence-corrected chi connectivity index (χ2v) is 6.62. The Morgan fingerprint density at radius 3 is 2.32 bits per heavy atom. The van der Waals surface area contributed by atoms with Crippen molar-refractivity contribution in [3.63, 3.8) is 0 Å². The van der Waals surface area contributed by atoms with E-state index in [4.69, 9.17) is 14.2 Å².